The van der Waals surface area contributed by atoms with E-state index in [0.717, 1.165) is 16.8 Å². The second-order valence-corrected chi connectivity index (χ2v) is 5.39. The minimum Gasteiger partial charge on any atom is -0.481 e. The van der Waals surface area contributed by atoms with Gasteiger partial charge in [0.15, 0.2) is 0 Å². The topological polar surface area (TPSA) is 40.5 Å². The van der Waals surface area contributed by atoms with E-state index in [9.17, 15) is 9.90 Å². The molecule has 0 fully saturated rings. The van der Waals surface area contributed by atoms with Crippen molar-refractivity contribution in [3.05, 3.63) is 64.7 Å². The lowest BCUT2D eigenvalue weighted by Crippen LogP contribution is -2.24. The number of halogens is 1. The number of anilines is 1. The van der Waals surface area contributed by atoms with Gasteiger partial charge in [-0.15, -0.1) is 0 Å². The highest BCUT2D eigenvalue weighted by atomic mass is 35.5. The Labute approximate surface area is 122 Å². The summed E-state index contributed by atoms with van der Waals surface area (Å²) in [6, 6.07) is 15.4. The molecule has 4 heteroatoms. The average molecular weight is 288 g/mol. The Bertz CT molecular complexity index is 639. The van der Waals surface area contributed by atoms with Crippen LogP contribution in [0, 0.1) is 0 Å². The van der Waals surface area contributed by atoms with Crippen LogP contribution in [0.4, 0.5) is 5.69 Å². The molecule has 0 aliphatic carbocycles. The van der Waals surface area contributed by atoms with Crippen LogP contribution in [0.1, 0.15) is 17.0 Å². The van der Waals surface area contributed by atoms with Crippen LogP contribution in [-0.2, 0) is 11.3 Å². The molecule has 0 saturated heterocycles. The molecule has 0 amide bonds. The highest BCUT2D eigenvalue weighted by Crippen LogP contribution is 2.37. The second-order valence-electron chi connectivity index (χ2n) is 4.96. The summed E-state index contributed by atoms with van der Waals surface area (Å²) in [6.45, 7) is 1.20. The van der Waals surface area contributed by atoms with Gasteiger partial charge >= 0.3 is 5.97 Å². The number of fused-ring (bicyclic) bond motifs is 1. The Balaban J connectivity index is 1.88. The van der Waals surface area contributed by atoms with Crippen molar-refractivity contribution in [3.8, 4) is 0 Å². The van der Waals surface area contributed by atoms with Crippen molar-refractivity contribution in [1.29, 1.82) is 0 Å². The number of hydrogen-bond acceptors (Lipinski definition) is 2. The van der Waals surface area contributed by atoms with E-state index < -0.39 is 11.9 Å². The van der Waals surface area contributed by atoms with E-state index in [4.69, 9.17) is 11.6 Å². The molecule has 3 rings (SSSR count). The number of carboxylic acid groups (broad SMARTS) is 1. The summed E-state index contributed by atoms with van der Waals surface area (Å²) in [6.07, 6.45) is 0. The molecule has 0 spiro atoms. The van der Waals surface area contributed by atoms with E-state index in [1.807, 2.05) is 48.5 Å². The van der Waals surface area contributed by atoms with Crippen molar-refractivity contribution in [2.24, 2.45) is 0 Å². The van der Waals surface area contributed by atoms with Gasteiger partial charge in [-0.2, -0.15) is 0 Å². The zero-order chi connectivity index (χ0) is 14.1. The van der Waals surface area contributed by atoms with Crippen molar-refractivity contribution in [2.75, 3.05) is 11.4 Å². The second kappa shape index (κ2) is 5.17. The number of carbonyl (C=O) groups is 1. The first-order valence-electron chi connectivity index (χ1n) is 6.46. The van der Waals surface area contributed by atoms with Gasteiger partial charge in [-0.3, -0.25) is 4.79 Å². The molecule has 0 saturated carbocycles. The predicted molar refractivity (Wildman–Crippen MR) is 79.3 cm³/mol. The minimum atomic E-state index is -0.768. The number of hydrogen-bond donors (Lipinski definition) is 1. The maximum atomic E-state index is 11.4. The van der Waals surface area contributed by atoms with Crippen molar-refractivity contribution in [3.63, 3.8) is 0 Å². The minimum absolute atomic E-state index is 0.446. The molecular formula is C16H14ClNO2. The van der Waals surface area contributed by atoms with E-state index in [1.165, 1.54) is 0 Å². The molecule has 0 bridgehead atoms. The fraction of sp³-hybridized carbons (Fsp3) is 0.188. The van der Waals surface area contributed by atoms with Gasteiger partial charge in [0.1, 0.15) is 5.92 Å². The molecule has 20 heavy (non-hydrogen) atoms. The van der Waals surface area contributed by atoms with Gasteiger partial charge in [-0.25, -0.2) is 0 Å². The number of carboxylic acids is 1. The Hall–Kier alpha value is -2.00. The lowest BCUT2D eigenvalue weighted by molar-refractivity contribution is -0.138. The number of rotatable bonds is 3. The molecule has 2 aromatic carbocycles. The van der Waals surface area contributed by atoms with Crippen LogP contribution in [0.3, 0.4) is 0 Å². The Morgan fingerprint density at radius 1 is 1.20 bits per heavy atom. The van der Waals surface area contributed by atoms with E-state index in [0.29, 0.717) is 18.1 Å². The fourth-order valence-electron chi connectivity index (χ4n) is 2.66. The van der Waals surface area contributed by atoms with Crippen molar-refractivity contribution in [1.82, 2.24) is 0 Å². The number of aliphatic carboxylic acids is 1. The van der Waals surface area contributed by atoms with Crippen LogP contribution < -0.4 is 4.90 Å². The number of nitrogens with zero attached hydrogens (tertiary/aromatic N) is 1. The zero-order valence-corrected chi connectivity index (χ0v) is 11.5. The molecule has 3 nitrogen and oxygen atoms in total. The summed E-state index contributed by atoms with van der Waals surface area (Å²) < 4.78 is 0. The van der Waals surface area contributed by atoms with Gasteiger partial charge in [-0.05, 0) is 29.3 Å². The van der Waals surface area contributed by atoms with Crippen molar-refractivity contribution < 1.29 is 9.90 Å². The summed E-state index contributed by atoms with van der Waals surface area (Å²) in [4.78, 5) is 13.5. The van der Waals surface area contributed by atoms with E-state index in [-0.39, 0.29) is 0 Å². The summed E-state index contributed by atoms with van der Waals surface area (Å²) in [7, 11) is 0. The van der Waals surface area contributed by atoms with Gasteiger partial charge in [-0.1, -0.05) is 41.9 Å². The van der Waals surface area contributed by atoms with E-state index in [2.05, 4.69) is 4.90 Å². The van der Waals surface area contributed by atoms with Crippen LogP contribution in [0.5, 0.6) is 0 Å². The van der Waals surface area contributed by atoms with Crippen LogP contribution in [-0.4, -0.2) is 17.6 Å². The maximum Gasteiger partial charge on any atom is 0.312 e. The smallest absolute Gasteiger partial charge is 0.312 e. The van der Waals surface area contributed by atoms with Crippen LogP contribution >= 0.6 is 11.6 Å². The first kappa shape index (κ1) is 13.0. The predicted octanol–water partition coefficient (Wildman–Crippen LogP) is 3.53. The Morgan fingerprint density at radius 2 is 1.90 bits per heavy atom. The average Bonchev–Trinajstić information content (AvgIpc) is 2.81. The van der Waals surface area contributed by atoms with Crippen molar-refractivity contribution >= 4 is 23.3 Å². The zero-order valence-electron chi connectivity index (χ0n) is 10.8. The molecule has 1 atom stereocenters. The molecular weight excluding hydrogens is 274 g/mol. The summed E-state index contributed by atoms with van der Waals surface area (Å²) in [5.41, 5.74) is 3.03. The molecule has 1 aliphatic rings. The van der Waals surface area contributed by atoms with Crippen LogP contribution in [0.25, 0.3) is 0 Å². The standard InChI is InChI=1S/C16H14ClNO2/c17-12-7-5-11(6-8-12)9-18-10-14(16(19)20)13-3-1-2-4-15(13)18/h1-8,14H,9-10H2,(H,19,20). The summed E-state index contributed by atoms with van der Waals surface area (Å²) >= 11 is 5.88. The highest BCUT2D eigenvalue weighted by molar-refractivity contribution is 6.30. The SMILES string of the molecule is O=C(O)C1CN(Cc2ccc(Cl)cc2)c2ccccc21. The molecule has 0 aromatic heterocycles. The Kier molecular flexibility index (Phi) is 3.36. The third-order valence-electron chi connectivity index (χ3n) is 3.64. The Morgan fingerprint density at radius 3 is 2.60 bits per heavy atom. The molecule has 1 aliphatic heterocycles. The number of para-hydroxylation sites is 1. The summed E-state index contributed by atoms with van der Waals surface area (Å²) in [5, 5.41) is 10.0. The third kappa shape index (κ3) is 2.37. The van der Waals surface area contributed by atoms with Crippen molar-refractivity contribution in [2.45, 2.75) is 12.5 Å². The molecule has 0 radical (unpaired) electrons. The first-order valence-corrected chi connectivity index (χ1v) is 6.84. The van der Waals surface area contributed by atoms with Crippen LogP contribution in [0.2, 0.25) is 5.02 Å². The molecule has 102 valence electrons. The van der Waals surface area contributed by atoms with E-state index >= 15 is 0 Å². The van der Waals surface area contributed by atoms with E-state index in [1.54, 1.807) is 0 Å². The van der Waals surface area contributed by atoms with Gasteiger partial charge in [0.2, 0.25) is 0 Å². The quantitative estimate of drug-likeness (QED) is 0.939. The molecule has 1 heterocycles. The lowest BCUT2D eigenvalue weighted by Gasteiger charge is -2.19. The van der Waals surface area contributed by atoms with Gasteiger partial charge in [0.25, 0.3) is 0 Å². The summed E-state index contributed by atoms with van der Waals surface area (Å²) in [5.74, 6) is -1.21. The maximum absolute atomic E-state index is 11.4. The number of benzene rings is 2. The van der Waals surface area contributed by atoms with Gasteiger partial charge in [0, 0.05) is 23.8 Å². The van der Waals surface area contributed by atoms with Gasteiger partial charge in [0.05, 0.1) is 0 Å². The largest absolute Gasteiger partial charge is 0.481 e. The normalized spacial score (nSPS) is 17.1. The third-order valence-corrected chi connectivity index (χ3v) is 3.89. The van der Waals surface area contributed by atoms with Crippen LogP contribution in [0.15, 0.2) is 48.5 Å². The first-order chi connectivity index (χ1) is 9.65. The highest BCUT2D eigenvalue weighted by Gasteiger charge is 2.32. The lowest BCUT2D eigenvalue weighted by atomic mass is 10.0. The monoisotopic (exact) mass is 287 g/mol. The molecule has 1 N–H and O–H groups in total. The molecule has 1 unspecified atom stereocenters. The van der Waals surface area contributed by atoms with Gasteiger partial charge < -0.3 is 10.0 Å². The molecule has 2 aromatic rings. The fourth-order valence-corrected chi connectivity index (χ4v) is 2.78.